The smallest absolute Gasteiger partial charge is 0.195 e. The number of pyridine rings is 1. The summed E-state index contributed by atoms with van der Waals surface area (Å²) in [4.78, 5) is 4.98. The van der Waals surface area contributed by atoms with E-state index in [1.807, 2.05) is 32.0 Å². The van der Waals surface area contributed by atoms with Crippen LogP contribution in [0.5, 0.6) is 5.75 Å². The molecule has 0 atom stereocenters. The van der Waals surface area contributed by atoms with E-state index in [2.05, 4.69) is 82.4 Å². The van der Waals surface area contributed by atoms with Crippen molar-refractivity contribution in [2.45, 2.75) is 39.8 Å². The molecule has 0 unspecified atom stereocenters. The summed E-state index contributed by atoms with van der Waals surface area (Å²) < 4.78 is 8.52. The number of aryl methyl sites for hydroxylation is 2. The molecule has 0 amide bonds. The number of aromatic amines is 1. The van der Waals surface area contributed by atoms with Gasteiger partial charge < -0.3 is 4.74 Å². The number of fused-ring (bicyclic) bond motifs is 1. The van der Waals surface area contributed by atoms with Gasteiger partial charge in [-0.2, -0.15) is 5.10 Å². The standard InChI is InChI=1S/C29H28N4OS/c1-19(2)34-23-12-10-22(11-13-23)27-18-25(24-17-20(3)9-14-26(24)30-27)28-31-32-29(35)33(28)16-15-21-7-5-4-6-8-21/h4-14,17-19H,15-16H2,1-3H3,(H,32,35). The van der Waals surface area contributed by atoms with Crippen molar-refractivity contribution in [1.29, 1.82) is 0 Å². The lowest BCUT2D eigenvalue weighted by Crippen LogP contribution is -2.05. The summed E-state index contributed by atoms with van der Waals surface area (Å²) in [5.41, 5.74) is 6.28. The van der Waals surface area contributed by atoms with Gasteiger partial charge in [-0.25, -0.2) is 4.98 Å². The quantitative estimate of drug-likeness (QED) is 0.251. The van der Waals surface area contributed by atoms with Gasteiger partial charge >= 0.3 is 0 Å². The predicted molar refractivity (Wildman–Crippen MR) is 144 cm³/mol. The minimum absolute atomic E-state index is 0.132. The van der Waals surface area contributed by atoms with Gasteiger partial charge in [0.05, 0.1) is 17.3 Å². The number of nitrogens with one attached hydrogen (secondary N) is 1. The largest absolute Gasteiger partial charge is 0.491 e. The van der Waals surface area contributed by atoms with Gasteiger partial charge in [-0.05, 0) is 87.4 Å². The molecule has 5 nitrogen and oxygen atoms in total. The lowest BCUT2D eigenvalue weighted by molar-refractivity contribution is 0.242. The van der Waals surface area contributed by atoms with Crippen molar-refractivity contribution in [2.24, 2.45) is 0 Å². The van der Waals surface area contributed by atoms with Crippen LogP contribution in [0.2, 0.25) is 0 Å². The number of benzene rings is 3. The van der Waals surface area contributed by atoms with Crippen molar-refractivity contribution in [3.63, 3.8) is 0 Å². The van der Waals surface area contributed by atoms with Crippen LogP contribution >= 0.6 is 12.2 Å². The zero-order chi connectivity index (χ0) is 24.4. The fourth-order valence-corrected chi connectivity index (χ4v) is 4.49. The lowest BCUT2D eigenvalue weighted by Gasteiger charge is -2.13. The lowest BCUT2D eigenvalue weighted by atomic mass is 10.0. The van der Waals surface area contributed by atoms with Crippen LogP contribution in [0.4, 0.5) is 0 Å². The second-order valence-corrected chi connectivity index (χ2v) is 9.39. The van der Waals surface area contributed by atoms with Crippen LogP contribution in [0.15, 0.2) is 78.9 Å². The summed E-state index contributed by atoms with van der Waals surface area (Å²) in [6.07, 6.45) is 1.00. The highest BCUT2D eigenvalue weighted by Gasteiger charge is 2.16. The Morgan fingerprint density at radius 3 is 2.49 bits per heavy atom. The van der Waals surface area contributed by atoms with Crippen LogP contribution in [-0.4, -0.2) is 25.9 Å². The third kappa shape index (κ3) is 5.03. The number of rotatable bonds is 7. The fraction of sp³-hybridized carbons (Fsp3) is 0.207. The van der Waals surface area contributed by atoms with Crippen molar-refractivity contribution in [2.75, 3.05) is 0 Å². The van der Waals surface area contributed by atoms with Gasteiger partial charge in [0.1, 0.15) is 5.75 Å². The Morgan fingerprint density at radius 1 is 0.971 bits per heavy atom. The predicted octanol–water partition coefficient (Wildman–Crippen LogP) is 7.16. The van der Waals surface area contributed by atoms with E-state index in [4.69, 9.17) is 21.9 Å². The van der Waals surface area contributed by atoms with Crippen molar-refractivity contribution < 1.29 is 4.74 Å². The van der Waals surface area contributed by atoms with Crippen LogP contribution < -0.4 is 4.74 Å². The van der Waals surface area contributed by atoms with Gasteiger partial charge in [-0.1, -0.05) is 42.0 Å². The maximum Gasteiger partial charge on any atom is 0.195 e. The molecule has 3 aromatic carbocycles. The molecule has 0 fully saturated rings. The van der Waals surface area contributed by atoms with Crippen LogP contribution in [0.25, 0.3) is 33.5 Å². The van der Waals surface area contributed by atoms with Crippen molar-refractivity contribution >= 4 is 23.1 Å². The van der Waals surface area contributed by atoms with Gasteiger partial charge in [0.15, 0.2) is 10.6 Å². The summed E-state index contributed by atoms with van der Waals surface area (Å²) in [6, 6.07) is 27.0. The first-order valence-corrected chi connectivity index (χ1v) is 12.3. The minimum Gasteiger partial charge on any atom is -0.491 e. The van der Waals surface area contributed by atoms with Crippen LogP contribution in [0.3, 0.4) is 0 Å². The molecule has 6 heteroatoms. The molecule has 5 aromatic rings. The van der Waals surface area contributed by atoms with Crippen LogP contribution in [-0.2, 0) is 13.0 Å². The summed E-state index contributed by atoms with van der Waals surface area (Å²) in [5.74, 6) is 1.67. The molecule has 2 heterocycles. The molecule has 0 aliphatic carbocycles. The minimum atomic E-state index is 0.132. The SMILES string of the molecule is Cc1ccc2nc(-c3ccc(OC(C)C)cc3)cc(-c3n[nH]c(=S)n3CCc3ccccc3)c2c1. The first kappa shape index (κ1) is 23.0. The molecule has 0 aliphatic rings. The summed E-state index contributed by atoms with van der Waals surface area (Å²) in [5, 5.41) is 8.73. The average molecular weight is 481 g/mol. The molecule has 0 aliphatic heterocycles. The number of nitrogens with zero attached hydrogens (tertiary/aromatic N) is 3. The number of ether oxygens (including phenoxy) is 1. The van der Waals surface area contributed by atoms with E-state index in [-0.39, 0.29) is 6.10 Å². The molecule has 5 rings (SSSR count). The fourth-order valence-electron chi connectivity index (χ4n) is 4.27. The van der Waals surface area contributed by atoms with Gasteiger partial charge in [0.25, 0.3) is 0 Å². The summed E-state index contributed by atoms with van der Waals surface area (Å²) in [7, 11) is 0. The molecular formula is C29H28N4OS. The molecule has 0 saturated heterocycles. The molecule has 0 radical (unpaired) electrons. The second-order valence-electron chi connectivity index (χ2n) is 9.01. The van der Waals surface area contributed by atoms with Gasteiger partial charge in [0, 0.05) is 23.1 Å². The zero-order valence-corrected chi connectivity index (χ0v) is 21.0. The van der Waals surface area contributed by atoms with Gasteiger partial charge in [0.2, 0.25) is 0 Å². The summed E-state index contributed by atoms with van der Waals surface area (Å²) >= 11 is 5.63. The van der Waals surface area contributed by atoms with Gasteiger partial charge in [-0.15, -0.1) is 0 Å². The van der Waals surface area contributed by atoms with E-state index in [1.165, 1.54) is 11.1 Å². The van der Waals surface area contributed by atoms with Crippen molar-refractivity contribution in [3.05, 3.63) is 94.8 Å². The van der Waals surface area contributed by atoms with E-state index >= 15 is 0 Å². The molecule has 35 heavy (non-hydrogen) atoms. The number of aromatic nitrogens is 4. The Labute approximate surface area is 210 Å². The average Bonchev–Trinajstić information content (AvgIpc) is 3.23. The van der Waals surface area contributed by atoms with Crippen molar-refractivity contribution in [3.8, 4) is 28.4 Å². The Balaban J connectivity index is 1.60. The first-order chi connectivity index (χ1) is 17.0. The van der Waals surface area contributed by atoms with Crippen molar-refractivity contribution in [1.82, 2.24) is 19.7 Å². The van der Waals surface area contributed by atoms with E-state index in [9.17, 15) is 0 Å². The number of hydrogen-bond donors (Lipinski definition) is 1. The van der Waals surface area contributed by atoms with E-state index in [1.54, 1.807) is 0 Å². The Morgan fingerprint density at radius 2 is 1.74 bits per heavy atom. The second kappa shape index (κ2) is 9.84. The highest BCUT2D eigenvalue weighted by Crippen LogP contribution is 2.32. The van der Waals surface area contributed by atoms with Gasteiger partial charge in [-0.3, -0.25) is 9.67 Å². The molecule has 0 spiro atoms. The summed E-state index contributed by atoms with van der Waals surface area (Å²) in [6.45, 7) is 6.88. The third-order valence-corrected chi connectivity index (χ3v) is 6.26. The number of hydrogen-bond acceptors (Lipinski definition) is 4. The molecule has 1 N–H and O–H groups in total. The maximum atomic E-state index is 5.81. The van der Waals surface area contributed by atoms with E-state index < -0.39 is 0 Å². The molecule has 0 bridgehead atoms. The molecule has 2 aromatic heterocycles. The third-order valence-electron chi connectivity index (χ3n) is 5.95. The first-order valence-electron chi connectivity index (χ1n) is 11.9. The molecular weight excluding hydrogens is 452 g/mol. The number of H-pyrrole nitrogens is 1. The molecule has 0 saturated carbocycles. The Hall–Kier alpha value is -3.77. The monoisotopic (exact) mass is 480 g/mol. The van der Waals surface area contributed by atoms with Crippen LogP contribution in [0.1, 0.15) is 25.0 Å². The normalized spacial score (nSPS) is 11.3. The van der Waals surface area contributed by atoms with Crippen LogP contribution in [0, 0.1) is 11.7 Å². The highest BCUT2D eigenvalue weighted by atomic mass is 32.1. The van der Waals surface area contributed by atoms with E-state index in [0.717, 1.165) is 52.3 Å². The Bertz CT molecular complexity index is 1520. The zero-order valence-electron chi connectivity index (χ0n) is 20.2. The highest BCUT2D eigenvalue weighted by molar-refractivity contribution is 7.71. The van der Waals surface area contributed by atoms with E-state index in [0.29, 0.717) is 4.77 Å². The Kier molecular flexibility index (Phi) is 6.47. The topological polar surface area (TPSA) is 55.7 Å². The molecule has 176 valence electrons. The maximum absolute atomic E-state index is 5.81.